The second-order valence-corrected chi connectivity index (χ2v) is 9.71. The Bertz CT molecular complexity index is 783. The van der Waals surface area contributed by atoms with Crippen molar-refractivity contribution in [3.63, 3.8) is 0 Å². The third kappa shape index (κ3) is 4.37. The summed E-state index contributed by atoms with van der Waals surface area (Å²) in [5.41, 5.74) is 7.28. The number of rotatable bonds is 8. The van der Waals surface area contributed by atoms with Crippen LogP contribution in [0.4, 0.5) is 4.39 Å². The molecule has 3 saturated carbocycles. The summed E-state index contributed by atoms with van der Waals surface area (Å²) < 4.78 is 23.6. The van der Waals surface area contributed by atoms with Crippen LogP contribution in [0.15, 0.2) is 36.2 Å². The number of ether oxygens (including phenoxy) is 2. The highest BCUT2D eigenvalue weighted by atomic mass is 19.1. The summed E-state index contributed by atoms with van der Waals surface area (Å²) >= 11 is 0. The van der Waals surface area contributed by atoms with Crippen LogP contribution in [-0.4, -0.2) is 50.8 Å². The van der Waals surface area contributed by atoms with Gasteiger partial charge in [-0.1, -0.05) is 12.1 Å². The maximum atomic E-state index is 13.4. The van der Waals surface area contributed by atoms with Crippen LogP contribution in [0.3, 0.4) is 0 Å². The summed E-state index contributed by atoms with van der Waals surface area (Å²) in [6.07, 6.45) is 7.72. The lowest BCUT2D eigenvalue weighted by Gasteiger charge is -2.53. The molecule has 0 spiro atoms. The first kappa shape index (κ1) is 22.3. The smallest absolute Gasteiger partial charge is 0.228 e. The Morgan fingerprint density at radius 1 is 1.19 bits per heavy atom. The molecule has 5 rings (SSSR count). The van der Waals surface area contributed by atoms with Gasteiger partial charge in [0, 0.05) is 43.7 Å². The predicted octanol–water partition coefficient (Wildman–Crippen LogP) is 3.96. The van der Waals surface area contributed by atoms with E-state index in [-0.39, 0.29) is 24.0 Å². The van der Waals surface area contributed by atoms with Crippen LogP contribution in [0.5, 0.6) is 5.75 Å². The van der Waals surface area contributed by atoms with Crippen molar-refractivity contribution in [3.05, 3.63) is 41.7 Å². The monoisotopic (exact) mass is 430 g/mol. The molecule has 0 radical (unpaired) electrons. The van der Waals surface area contributed by atoms with E-state index in [4.69, 9.17) is 15.2 Å². The summed E-state index contributed by atoms with van der Waals surface area (Å²) in [6, 6.07) is 8.23. The molecule has 5 nitrogen and oxygen atoms in total. The van der Waals surface area contributed by atoms with Crippen molar-refractivity contribution < 1.29 is 18.7 Å². The minimum atomic E-state index is -0.149. The van der Waals surface area contributed by atoms with Gasteiger partial charge in [-0.05, 0) is 68.1 Å². The minimum Gasteiger partial charge on any atom is -0.489 e. The van der Waals surface area contributed by atoms with Crippen molar-refractivity contribution in [1.29, 1.82) is 0 Å². The van der Waals surface area contributed by atoms with Crippen molar-refractivity contribution in [2.75, 3.05) is 40.0 Å². The number of hydrogen-bond donors (Lipinski definition) is 1. The van der Waals surface area contributed by atoms with Crippen molar-refractivity contribution in [1.82, 2.24) is 4.90 Å². The maximum absolute atomic E-state index is 13.4. The van der Waals surface area contributed by atoms with E-state index in [0.717, 1.165) is 70.4 Å². The Morgan fingerprint density at radius 3 is 2.45 bits per heavy atom. The lowest BCUT2D eigenvalue weighted by atomic mass is 9.51. The van der Waals surface area contributed by atoms with Gasteiger partial charge in [0.2, 0.25) is 5.91 Å². The highest BCUT2D eigenvalue weighted by molar-refractivity contribution is 5.83. The summed E-state index contributed by atoms with van der Waals surface area (Å²) in [4.78, 5) is 15.5. The van der Waals surface area contributed by atoms with Crippen molar-refractivity contribution in [2.45, 2.75) is 50.4 Å². The Morgan fingerprint density at radius 2 is 1.87 bits per heavy atom. The van der Waals surface area contributed by atoms with Crippen LogP contribution < -0.4 is 10.5 Å². The Labute approximate surface area is 184 Å². The number of halogens is 1. The van der Waals surface area contributed by atoms with Gasteiger partial charge in [-0.2, -0.15) is 0 Å². The zero-order chi connectivity index (χ0) is 21.9. The molecule has 1 heterocycles. The third-order valence-electron chi connectivity index (χ3n) is 7.98. The third-order valence-corrected chi connectivity index (χ3v) is 7.98. The molecular formula is C25H35FN2O3. The highest BCUT2D eigenvalue weighted by Gasteiger charge is 2.54. The first-order valence-corrected chi connectivity index (χ1v) is 11.5. The van der Waals surface area contributed by atoms with E-state index in [1.54, 1.807) is 7.11 Å². The number of carbonyl (C=O) groups excluding carboxylic acids is 1. The molecule has 31 heavy (non-hydrogen) atoms. The second-order valence-electron chi connectivity index (χ2n) is 9.71. The van der Waals surface area contributed by atoms with Crippen LogP contribution in [0.25, 0.3) is 0 Å². The molecule has 4 aliphatic rings. The molecule has 2 N–H and O–H groups in total. The molecular weight excluding hydrogens is 395 g/mol. The molecule has 1 aliphatic heterocycles. The standard InChI is InChI=1S/C25H35FN2O3/c1-30-17-19-6-13-28(16-19)23(29)25-10-7-24(8-11-25,9-12-25)21-2-4-22(5-3-21)31-18-20(14-26)15-27/h2-5,14,19H,6-13,15-18,27H2,1H3/b20-14+. The fourth-order valence-electron chi connectivity index (χ4n) is 5.88. The van der Waals surface area contributed by atoms with E-state index in [0.29, 0.717) is 23.7 Å². The molecule has 6 heteroatoms. The van der Waals surface area contributed by atoms with Crippen molar-refractivity contribution in [3.8, 4) is 5.75 Å². The van der Waals surface area contributed by atoms with Gasteiger partial charge >= 0.3 is 0 Å². The topological polar surface area (TPSA) is 64.8 Å². The van der Waals surface area contributed by atoms with Crippen LogP contribution >= 0.6 is 0 Å². The van der Waals surface area contributed by atoms with Gasteiger partial charge in [-0.15, -0.1) is 0 Å². The molecule has 170 valence electrons. The first-order chi connectivity index (χ1) is 15.0. The normalized spacial score (nSPS) is 30.6. The summed E-state index contributed by atoms with van der Waals surface area (Å²) in [5.74, 6) is 1.60. The Balaban J connectivity index is 1.37. The molecule has 3 aliphatic carbocycles. The Kier molecular flexibility index (Phi) is 6.68. The number of fused-ring (bicyclic) bond motifs is 3. The number of carbonyl (C=O) groups is 1. The lowest BCUT2D eigenvalue weighted by molar-refractivity contribution is -0.148. The molecule has 1 amide bonds. The molecule has 1 saturated heterocycles. The van der Waals surface area contributed by atoms with Crippen LogP contribution in [0.2, 0.25) is 0 Å². The van der Waals surface area contributed by atoms with E-state index < -0.39 is 0 Å². The summed E-state index contributed by atoms with van der Waals surface area (Å²) in [7, 11) is 1.74. The number of methoxy groups -OCH3 is 1. The second kappa shape index (κ2) is 9.29. The number of benzene rings is 1. The molecule has 2 bridgehead atoms. The van der Waals surface area contributed by atoms with Gasteiger partial charge in [0.1, 0.15) is 12.4 Å². The van der Waals surface area contributed by atoms with Crippen LogP contribution in [0, 0.1) is 11.3 Å². The lowest BCUT2D eigenvalue weighted by Crippen LogP contribution is -2.52. The summed E-state index contributed by atoms with van der Waals surface area (Å²) in [5, 5.41) is 0. The number of hydrogen-bond acceptors (Lipinski definition) is 4. The number of likely N-dealkylation sites (tertiary alicyclic amines) is 1. The van der Waals surface area contributed by atoms with E-state index >= 15 is 0 Å². The van der Waals surface area contributed by atoms with Gasteiger partial charge in [-0.3, -0.25) is 4.79 Å². The van der Waals surface area contributed by atoms with Gasteiger partial charge in [0.25, 0.3) is 0 Å². The number of amides is 1. The van der Waals surface area contributed by atoms with Crippen LogP contribution in [-0.2, 0) is 14.9 Å². The molecule has 1 aromatic rings. The first-order valence-electron chi connectivity index (χ1n) is 11.5. The molecule has 1 unspecified atom stereocenters. The van der Waals surface area contributed by atoms with E-state index in [1.807, 2.05) is 12.1 Å². The highest BCUT2D eigenvalue weighted by Crippen LogP contribution is 2.58. The SMILES string of the molecule is COCC1CCN(C(=O)C23CCC(c4ccc(OC/C(=C/F)CN)cc4)(CC2)CC3)C1. The minimum absolute atomic E-state index is 0.149. The van der Waals surface area contributed by atoms with Crippen molar-refractivity contribution in [2.24, 2.45) is 17.1 Å². The van der Waals surface area contributed by atoms with Gasteiger partial charge in [0.05, 0.1) is 12.9 Å². The fraction of sp³-hybridized carbons (Fsp3) is 0.640. The molecule has 1 aromatic carbocycles. The zero-order valence-corrected chi connectivity index (χ0v) is 18.6. The quantitative estimate of drug-likeness (QED) is 0.678. The maximum Gasteiger partial charge on any atom is 0.228 e. The largest absolute Gasteiger partial charge is 0.489 e. The fourth-order valence-corrected chi connectivity index (χ4v) is 5.88. The van der Waals surface area contributed by atoms with Gasteiger partial charge < -0.3 is 20.1 Å². The van der Waals surface area contributed by atoms with E-state index in [1.165, 1.54) is 5.56 Å². The average molecular weight is 431 g/mol. The number of nitrogens with two attached hydrogens (primary N) is 1. The molecule has 4 fully saturated rings. The molecule has 0 aromatic heterocycles. The van der Waals surface area contributed by atoms with Gasteiger partial charge in [0.15, 0.2) is 0 Å². The predicted molar refractivity (Wildman–Crippen MR) is 119 cm³/mol. The summed E-state index contributed by atoms with van der Waals surface area (Å²) in [6.45, 7) is 2.80. The van der Waals surface area contributed by atoms with Crippen LogP contribution in [0.1, 0.15) is 50.5 Å². The number of nitrogens with zero attached hydrogens (tertiary/aromatic N) is 1. The van der Waals surface area contributed by atoms with Gasteiger partial charge in [-0.25, -0.2) is 4.39 Å². The van der Waals surface area contributed by atoms with E-state index in [2.05, 4.69) is 17.0 Å². The van der Waals surface area contributed by atoms with E-state index in [9.17, 15) is 9.18 Å². The zero-order valence-electron chi connectivity index (χ0n) is 18.6. The average Bonchev–Trinajstić information content (AvgIpc) is 3.29. The van der Waals surface area contributed by atoms with Crippen molar-refractivity contribution >= 4 is 5.91 Å². The Hall–Kier alpha value is -1.92. The molecule has 1 atom stereocenters.